The van der Waals surface area contributed by atoms with Gasteiger partial charge >= 0.3 is 0 Å². The van der Waals surface area contributed by atoms with Gasteiger partial charge in [-0.1, -0.05) is 19.1 Å². The van der Waals surface area contributed by atoms with E-state index in [4.69, 9.17) is 9.15 Å². The predicted octanol–water partition coefficient (Wildman–Crippen LogP) is 3.17. The minimum atomic E-state index is -0.115. The van der Waals surface area contributed by atoms with Crippen LogP contribution >= 0.6 is 0 Å². The molecular formula is C20H26N2O3. The van der Waals surface area contributed by atoms with E-state index in [1.807, 2.05) is 36.4 Å². The summed E-state index contributed by atoms with van der Waals surface area (Å²) in [5, 5.41) is 2.98. The number of ether oxygens (including phenoxy) is 1. The van der Waals surface area contributed by atoms with E-state index in [-0.39, 0.29) is 18.6 Å². The van der Waals surface area contributed by atoms with Crippen LogP contribution in [0.25, 0.3) is 0 Å². The first-order chi connectivity index (χ1) is 12.3. The Bertz CT molecular complexity index is 646. The fraction of sp³-hybridized carbons (Fsp3) is 0.450. The Morgan fingerprint density at radius 2 is 2.00 bits per heavy atom. The van der Waals surface area contributed by atoms with Crippen molar-refractivity contribution in [3.8, 4) is 5.75 Å². The summed E-state index contributed by atoms with van der Waals surface area (Å²) in [6.07, 6.45) is 5.07. The molecule has 0 radical (unpaired) electrons. The molecule has 5 nitrogen and oxygen atoms in total. The molecule has 1 aromatic heterocycles. The van der Waals surface area contributed by atoms with Crippen molar-refractivity contribution >= 4 is 5.91 Å². The molecule has 1 aliphatic heterocycles. The normalized spacial score (nSPS) is 15.9. The Balaban J connectivity index is 1.49. The summed E-state index contributed by atoms with van der Waals surface area (Å²) in [5.41, 5.74) is 1.25. The van der Waals surface area contributed by atoms with E-state index in [2.05, 4.69) is 17.1 Å². The lowest BCUT2D eigenvalue weighted by Crippen LogP contribution is -2.38. The van der Waals surface area contributed by atoms with Crippen LogP contribution in [0.4, 0.5) is 0 Å². The van der Waals surface area contributed by atoms with Crippen molar-refractivity contribution in [2.45, 2.75) is 32.2 Å². The molecule has 0 aliphatic carbocycles. The monoisotopic (exact) mass is 342 g/mol. The van der Waals surface area contributed by atoms with Crippen LogP contribution in [-0.2, 0) is 11.2 Å². The second-order valence-electron chi connectivity index (χ2n) is 6.36. The maximum Gasteiger partial charge on any atom is 0.258 e. The van der Waals surface area contributed by atoms with Crippen LogP contribution < -0.4 is 10.1 Å². The van der Waals surface area contributed by atoms with Crippen molar-refractivity contribution in [1.29, 1.82) is 0 Å². The lowest BCUT2D eigenvalue weighted by atomic mass is 10.2. The van der Waals surface area contributed by atoms with Gasteiger partial charge in [0.05, 0.1) is 12.3 Å². The van der Waals surface area contributed by atoms with Gasteiger partial charge in [0.15, 0.2) is 6.61 Å². The van der Waals surface area contributed by atoms with E-state index in [1.165, 1.54) is 18.4 Å². The van der Waals surface area contributed by atoms with Crippen LogP contribution in [-0.4, -0.2) is 37.0 Å². The fourth-order valence-corrected chi connectivity index (χ4v) is 3.18. The number of hydrogen-bond acceptors (Lipinski definition) is 4. The van der Waals surface area contributed by atoms with Gasteiger partial charge in [-0.25, -0.2) is 0 Å². The van der Waals surface area contributed by atoms with Crippen LogP contribution in [0.1, 0.15) is 37.1 Å². The number of nitrogens with zero attached hydrogens (tertiary/aromatic N) is 1. The highest BCUT2D eigenvalue weighted by atomic mass is 16.5. The van der Waals surface area contributed by atoms with Gasteiger partial charge in [-0.2, -0.15) is 0 Å². The molecule has 134 valence electrons. The SMILES string of the molecule is CCc1ccc(OCC(=O)NCC(c2ccco2)N2CCCC2)cc1. The zero-order valence-corrected chi connectivity index (χ0v) is 14.7. The molecule has 2 aromatic rings. The van der Waals surface area contributed by atoms with Crippen molar-refractivity contribution in [2.75, 3.05) is 26.2 Å². The number of rotatable bonds is 8. The van der Waals surface area contributed by atoms with Crippen LogP contribution in [0.2, 0.25) is 0 Å². The molecule has 25 heavy (non-hydrogen) atoms. The molecule has 1 amide bonds. The molecule has 1 unspecified atom stereocenters. The molecule has 1 atom stereocenters. The first-order valence-electron chi connectivity index (χ1n) is 9.02. The first kappa shape index (κ1) is 17.5. The van der Waals surface area contributed by atoms with Crippen molar-refractivity contribution in [3.63, 3.8) is 0 Å². The lowest BCUT2D eigenvalue weighted by molar-refractivity contribution is -0.123. The van der Waals surface area contributed by atoms with E-state index in [0.717, 1.165) is 31.0 Å². The molecule has 1 saturated heterocycles. The molecule has 1 aliphatic rings. The highest BCUT2D eigenvalue weighted by Gasteiger charge is 2.25. The minimum Gasteiger partial charge on any atom is -0.484 e. The molecule has 5 heteroatoms. The molecule has 1 N–H and O–H groups in total. The Morgan fingerprint density at radius 1 is 1.24 bits per heavy atom. The van der Waals surface area contributed by atoms with E-state index < -0.39 is 0 Å². The number of aryl methyl sites for hydroxylation is 1. The summed E-state index contributed by atoms with van der Waals surface area (Å²) >= 11 is 0. The summed E-state index contributed by atoms with van der Waals surface area (Å²) in [5.74, 6) is 1.50. The molecule has 3 rings (SSSR count). The Kier molecular flexibility index (Phi) is 6.12. The fourth-order valence-electron chi connectivity index (χ4n) is 3.18. The van der Waals surface area contributed by atoms with Crippen molar-refractivity contribution in [1.82, 2.24) is 10.2 Å². The summed E-state index contributed by atoms with van der Waals surface area (Å²) < 4.78 is 11.1. The third kappa shape index (κ3) is 4.86. The van der Waals surface area contributed by atoms with E-state index in [1.54, 1.807) is 6.26 Å². The zero-order valence-electron chi connectivity index (χ0n) is 14.7. The van der Waals surface area contributed by atoms with Gasteiger partial charge < -0.3 is 14.5 Å². The second-order valence-corrected chi connectivity index (χ2v) is 6.36. The van der Waals surface area contributed by atoms with Crippen LogP contribution in [0.3, 0.4) is 0 Å². The quantitative estimate of drug-likeness (QED) is 0.800. The number of nitrogens with one attached hydrogen (secondary N) is 1. The molecule has 1 fully saturated rings. The average molecular weight is 342 g/mol. The smallest absolute Gasteiger partial charge is 0.258 e. The maximum absolute atomic E-state index is 12.1. The lowest BCUT2D eigenvalue weighted by Gasteiger charge is -2.26. The van der Waals surface area contributed by atoms with Crippen molar-refractivity contribution in [2.24, 2.45) is 0 Å². The van der Waals surface area contributed by atoms with Gasteiger partial charge in [-0.15, -0.1) is 0 Å². The highest BCUT2D eigenvalue weighted by Crippen LogP contribution is 2.24. The summed E-state index contributed by atoms with van der Waals surface area (Å²) in [6.45, 7) is 4.75. The molecular weight excluding hydrogens is 316 g/mol. The number of amides is 1. The Labute approximate surface area is 149 Å². The van der Waals surface area contributed by atoms with Gasteiger partial charge in [0.2, 0.25) is 0 Å². The number of carbonyl (C=O) groups is 1. The number of benzene rings is 1. The van der Waals surface area contributed by atoms with Crippen molar-refractivity contribution in [3.05, 3.63) is 54.0 Å². The molecule has 1 aromatic carbocycles. The number of hydrogen-bond donors (Lipinski definition) is 1. The van der Waals surface area contributed by atoms with Crippen molar-refractivity contribution < 1.29 is 13.9 Å². The van der Waals surface area contributed by atoms with Gasteiger partial charge in [0.1, 0.15) is 11.5 Å². The molecule has 2 heterocycles. The zero-order chi connectivity index (χ0) is 17.5. The van der Waals surface area contributed by atoms with Gasteiger partial charge in [-0.3, -0.25) is 9.69 Å². The molecule has 0 bridgehead atoms. The average Bonchev–Trinajstić information content (AvgIpc) is 3.35. The Morgan fingerprint density at radius 3 is 2.64 bits per heavy atom. The van der Waals surface area contributed by atoms with Gasteiger partial charge in [-0.05, 0) is 62.2 Å². The largest absolute Gasteiger partial charge is 0.484 e. The molecule has 0 spiro atoms. The van der Waals surface area contributed by atoms with E-state index in [9.17, 15) is 4.79 Å². The van der Waals surface area contributed by atoms with E-state index in [0.29, 0.717) is 6.54 Å². The summed E-state index contributed by atoms with van der Waals surface area (Å²) in [6, 6.07) is 11.8. The Hall–Kier alpha value is -2.27. The minimum absolute atomic E-state index is 0.0242. The third-order valence-corrected chi connectivity index (χ3v) is 4.65. The first-order valence-corrected chi connectivity index (χ1v) is 9.02. The second kappa shape index (κ2) is 8.72. The predicted molar refractivity (Wildman–Crippen MR) is 96.6 cm³/mol. The van der Waals surface area contributed by atoms with E-state index >= 15 is 0 Å². The van der Waals surface area contributed by atoms with Gasteiger partial charge in [0.25, 0.3) is 5.91 Å². The van der Waals surface area contributed by atoms with Crippen LogP contribution in [0.15, 0.2) is 47.1 Å². The topological polar surface area (TPSA) is 54.7 Å². The maximum atomic E-state index is 12.1. The number of furan rings is 1. The summed E-state index contributed by atoms with van der Waals surface area (Å²) in [4.78, 5) is 14.5. The standard InChI is InChI=1S/C20H26N2O3/c1-2-16-7-9-17(10-8-16)25-15-20(23)21-14-18(19-6-5-13-24-19)22-11-3-4-12-22/h5-10,13,18H,2-4,11-12,14-15H2,1H3,(H,21,23). The highest BCUT2D eigenvalue weighted by molar-refractivity contribution is 5.77. The number of likely N-dealkylation sites (tertiary alicyclic amines) is 1. The van der Waals surface area contributed by atoms with Gasteiger partial charge in [0, 0.05) is 6.54 Å². The van der Waals surface area contributed by atoms with Crippen LogP contribution in [0, 0.1) is 0 Å². The number of carbonyl (C=O) groups excluding carboxylic acids is 1. The summed E-state index contributed by atoms with van der Waals surface area (Å²) in [7, 11) is 0. The third-order valence-electron chi connectivity index (χ3n) is 4.65. The van der Waals surface area contributed by atoms with Crippen LogP contribution in [0.5, 0.6) is 5.75 Å². The molecule has 0 saturated carbocycles.